The summed E-state index contributed by atoms with van der Waals surface area (Å²) in [6, 6.07) is 1.41. The number of nitrogens with zero attached hydrogens (tertiary/aromatic N) is 1. The van der Waals surface area contributed by atoms with E-state index >= 15 is 0 Å². The first-order valence-corrected chi connectivity index (χ1v) is 7.43. The van der Waals surface area contributed by atoms with E-state index in [1.54, 1.807) is 6.92 Å². The number of urea groups is 1. The Hall–Kier alpha value is -1.34. The molecule has 1 fully saturated rings. The Morgan fingerprint density at radius 2 is 2.19 bits per heavy atom. The monoisotopic (exact) mass is 378 g/mol. The van der Waals surface area contributed by atoms with Crippen molar-refractivity contribution in [1.82, 2.24) is 4.90 Å². The van der Waals surface area contributed by atoms with Gasteiger partial charge in [-0.3, -0.25) is 4.79 Å². The number of carboxylic acid groups (broad SMARTS) is 1. The van der Waals surface area contributed by atoms with Crippen molar-refractivity contribution >= 4 is 45.2 Å². The van der Waals surface area contributed by atoms with Gasteiger partial charge in [0.15, 0.2) is 0 Å². The molecule has 1 aliphatic rings. The molecule has 0 aliphatic carbocycles. The Bertz CT molecular complexity index is 576. The minimum atomic E-state index is -0.918. The molecule has 1 heterocycles. The number of aliphatic carboxylic acids is 1. The van der Waals surface area contributed by atoms with Crippen LogP contribution in [0, 0.1) is 11.7 Å². The number of carboxylic acids is 1. The smallest absolute Gasteiger partial charge is 0.322 e. The maximum Gasteiger partial charge on any atom is 0.322 e. The van der Waals surface area contributed by atoms with E-state index in [-0.39, 0.29) is 10.7 Å². The summed E-state index contributed by atoms with van der Waals surface area (Å²) in [5, 5.41) is 11.7. The average Bonchev–Trinajstić information content (AvgIpc) is 2.75. The summed E-state index contributed by atoms with van der Waals surface area (Å²) in [6.07, 6.45) is 0.405. The number of carbonyl (C=O) groups is 2. The van der Waals surface area contributed by atoms with E-state index in [4.69, 9.17) is 16.7 Å². The van der Waals surface area contributed by atoms with Crippen LogP contribution < -0.4 is 5.32 Å². The van der Waals surface area contributed by atoms with Gasteiger partial charge in [0.2, 0.25) is 0 Å². The van der Waals surface area contributed by atoms with E-state index in [9.17, 15) is 14.0 Å². The molecule has 0 saturated carbocycles. The normalized spacial score (nSPS) is 21.4. The van der Waals surface area contributed by atoms with Gasteiger partial charge in [0.25, 0.3) is 0 Å². The van der Waals surface area contributed by atoms with Gasteiger partial charge in [-0.25, -0.2) is 9.18 Å². The molecule has 21 heavy (non-hydrogen) atoms. The van der Waals surface area contributed by atoms with Crippen molar-refractivity contribution < 1.29 is 19.1 Å². The van der Waals surface area contributed by atoms with E-state index < -0.39 is 29.8 Å². The predicted molar refractivity (Wildman–Crippen MR) is 80.0 cm³/mol. The zero-order chi connectivity index (χ0) is 15.7. The first-order valence-electron chi connectivity index (χ1n) is 6.26. The summed E-state index contributed by atoms with van der Waals surface area (Å²) in [4.78, 5) is 24.7. The predicted octanol–water partition coefficient (Wildman–Crippen LogP) is 3.57. The second-order valence-corrected chi connectivity index (χ2v) is 6.10. The topological polar surface area (TPSA) is 69.6 Å². The van der Waals surface area contributed by atoms with Crippen molar-refractivity contribution in [3.8, 4) is 0 Å². The lowest BCUT2D eigenvalue weighted by Gasteiger charge is -2.24. The van der Waals surface area contributed by atoms with Gasteiger partial charge >= 0.3 is 12.0 Å². The fourth-order valence-electron chi connectivity index (χ4n) is 2.40. The number of halogens is 3. The summed E-state index contributed by atoms with van der Waals surface area (Å²) in [5.74, 6) is -2.02. The van der Waals surface area contributed by atoms with Crippen LogP contribution in [0.25, 0.3) is 0 Å². The molecule has 1 aliphatic heterocycles. The second-order valence-electron chi connectivity index (χ2n) is 4.84. The summed E-state index contributed by atoms with van der Waals surface area (Å²) < 4.78 is 13.5. The van der Waals surface area contributed by atoms with Crippen molar-refractivity contribution in [2.24, 2.45) is 5.92 Å². The first kappa shape index (κ1) is 16.0. The molecule has 8 heteroatoms. The zero-order valence-corrected chi connectivity index (χ0v) is 13.4. The van der Waals surface area contributed by atoms with Crippen molar-refractivity contribution in [2.75, 3.05) is 11.9 Å². The van der Waals surface area contributed by atoms with Crippen LogP contribution in [0.15, 0.2) is 16.6 Å². The largest absolute Gasteiger partial charge is 0.481 e. The summed E-state index contributed by atoms with van der Waals surface area (Å²) in [6.45, 7) is 2.03. The first-order chi connectivity index (χ1) is 9.81. The molecule has 1 aromatic carbocycles. The SMILES string of the molecule is CC1C(C(=O)O)CCN1C(=O)Nc1c(Cl)cc(F)cc1Br. The van der Waals surface area contributed by atoms with Crippen LogP contribution in [-0.4, -0.2) is 34.6 Å². The minimum Gasteiger partial charge on any atom is -0.481 e. The minimum absolute atomic E-state index is 0.0665. The second kappa shape index (κ2) is 6.19. The highest BCUT2D eigenvalue weighted by Crippen LogP contribution is 2.33. The van der Waals surface area contributed by atoms with Gasteiger partial charge in [-0.2, -0.15) is 0 Å². The van der Waals surface area contributed by atoms with Crippen LogP contribution in [0.5, 0.6) is 0 Å². The van der Waals surface area contributed by atoms with Crippen molar-refractivity contribution in [2.45, 2.75) is 19.4 Å². The molecule has 0 spiro atoms. The van der Waals surface area contributed by atoms with E-state index in [0.717, 1.165) is 6.07 Å². The van der Waals surface area contributed by atoms with E-state index in [2.05, 4.69) is 21.2 Å². The highest BCUT2D eigenvalue weighted by molar-refractivity contribution is 9.10. The molecule has 2 N–H and O–H groups in total. The molecular formula is C13H13BrClFN2O3. The third-order valence-corrected chi connectivity index (χ3v) is 4.50. The third-order valence-electron chi connectivity index (χ3n) is 3.57. The van der Waals surface area contributed by atoms with Crippen LogP contribution >= 0.6 is 27.5 Å². The number of anilines is 1. The summed E-state index contributed by atoms with van der Waals surface area (Å²) in [5.41, 5.74) is 0.258. The van der Waals surface area contributed by atoms with Crippen molar-refractivity contribution in [3.63, 3.8) is 0 Å². The van der Waals surface area contributed by atoms with Gasteiger partial charge in [0.05, 0.1) is 16.6 Å². The average molecular weight is 380 g/mol. The van der Waals surface area contributed by atoms with E-state index in [0.29, 0.717) is 17.4 Å². The maximum atomic E-state index is 13.1. The van der Waals surface area contributed by atoms with E-state index in [1.165, 1.54) is 11.0 Å². The van der Waals surface area contributed by atoms with Gasteiger partial charge < -0.3 is 15.3 Å². The molecule has 0 radical (unpaired) electrons. The van der Waals surface area contributed by atoms with Crippen LogP contribution in [0.3, 0.4) is 0 Å². The Labute approximate surface area is 134 Å². The van der Waals surface area contributed by atoms with Crippen LogP contribution in [0.2, 0.25) is 5.02 Å². The lowest BCUT2D eigenvalue weighted by atomic mass is 10.0. The molecule has 5 nitrogen and oxygen atoms in total. The number of nitrogens with one attached hydrogen (secondary N) is 1. The number of rotatable bonds is 2. The number of likely N-dealkylation sites (tertiary alicyclic amines) is 1. The number of hydrogen-bond acceptors (Lipinski definition) is 2. The van der Waals surface area contributed by atoms with Gasteiger partial charge in [0, 0.05) is 17.1 Å². The van der Waals surface area contributed by atoms with Gasteiger partial charge in [-0.05, 0) is 41.4 Å². The highest BCUT2D eigenvalue weighted by Gasteiger charge is 2.38. The van der Waals surface area contributed by atoms with Crippen molar-refractivity contribution in [3.05, 3.63) is 27.4 Å². The van der Waals surface area contributed by atoms with Crippen LogP contribution in [0.1, 0.15) is 13.3 Å². The fraction of sp³-hybridized carbons (Fsp3) is 0.385. The Kier molecular flexibility index (Phi) is 4.73. The lowest BCUT2D eigenvalue weighted by molar-refractivity contribution is -0.142. The van der Waals surface area contributed by atoms with Gasteiger partial charge in [-0.1, -0.05) is 11.6 Å². The molecular weight excluding hydrogens is 367 g/mol. The molecule has 2 rings (SSSR count). The Morgan fingerprint density at radius 1 is 1.52 bits per heavy atom. The third kappa shape index (κ3) is 3.29. The van der Waals surface area contributed by atoms with Gasteiger partial charge in [-0.15, -0.1) is 0 Å². The summed E-state index contributed by atoms with van der Waals surface area (Å²) >= 11 is 9.04. The maximum absolute atomic E-state index is 13.1. The number of amides is 2. The van der Waals surface area contributed by atoms with E-state index in [1.807, 2.05) is 0 Å². The number of hydrogen-bond donors (Lipinski definition) is 2. The zero-order valence-electron chi connectivity index (χ0n) is 11.1. The Morgan fingerprint density at radius 3 is 2.71 bits per heavy atom. The van der Waals surface area contributed by atoms with Crippen LogP contribution in [0.4, 0.5) is 14.9 Å². The number of carbonyl (C=O) groups excluding carboxylic acids is 1. The molecule has 2 atom stereocenters. The highest BCUT2D eigenvalue weighted by atomic mass is 79.9. The molecule has 0 aromatic heterocycles. The van der Waals surface area contributed by atoms with Gasteiger partial charge in [0.1, 0.15) is 5.82 Å². The molecule has 0 bridgehead atoms. The molecule has 2 amide bonds. The van der Waals surface area contributed by atoms with Crippen molar-refractivity contribution in [1.29, 1.82) is 0 Å². The molecule has 114 valence electrons. The quantitative estimate of drug-likeness (QED) is 0.825. The molecule has 1 saturated heterocycles. The lowest BCUT2D eigenvalue weighted by Crippen LogP contribution is -2.40. The fourth-order valence-corrected chi connectivity index (χ4v) is 3.30. The van der Waals surface area contributed by atoms with Crippen LogP contribution in [-0.2, 0) is 4.79 Å². The number of benzene rings is 1. The molecule has 2 unspecified atom stereocenters. The summed E-state index contributed by atoms with van der Waals surface area (Å²) in [7, 11) is 0. The molecule has 1 aromatic rings. The standard InChI is InChI=1S/C13H13BrClFN2O3/c1-6-8(12(19)20)2-3-18(6)13(21)17-11-9(14)4-7(16)5-10(11)15/h4-6,8H,2-3H2,1H3,(H,17,21)(H,19,20). The Balaban J connectivity index is 2.15.